The van der Waals surface area contributed by atoms with Gasteiger partial charge in [0.05, 0.1) is 31.7 Å². The van der Waals surface area contributed by atoms with Gasteiger partial charge in [-0.2, -0.15) is 0 Å². The maximum atomic E-state index is 15.9. The van der Waals surface area contributed by atoms with Gasteiger partial charge in [0.1, 0.15) is 41.9 Å². The molecule has 7 N–H and O–H groups in total. The molecule has 4 aromatic rings. The van der Waals surface area contributed by atoms with Crippen LogP contribution < -0.4 is 37.3 Å². The van der Waals surface area contributed by atoms with Crippen molar-refractivity contribution in [3.63, 3.8) is 0 Å². The zero-order chi connectivity index (χ0) is 51.7. The first-order valence-corrected chi connectivity index (χ1v) is 23.2. The summed E-state index contributed by atoms with van der Waals surface area (Å²) in [6.45, 7) is 5.09. The Morgan fingerprint density at radius 1 is 0.887 bits per heavy atom. The minimum absolute atomic E-state index is 0.0611. The van der Waals surface area contributed by atoms with Gasteiger partial charge < -0.3 is 41.5 Å². The number of nitrogens with one attached hydrogen (secondary N) is 4. The normalized spacial score (nSPS) is 15.6. The Balaban J connectivity index is 1.08. The molecule has 19 nitrogen and oxygen atoms in total. The van der Waals surface area contributed by atoms with E-state index < -0.39 is 69.7 Å². The van der Waals surface area contributed by atoms with E-state index in [1.807, 2.05) is 26.2 Å². The van der Waals surface area contributed by atoms with Crippen molar-refractivity contribution in [3.8, 4) is 5.69 Å². The molecule has 22 heteroatoms. The lowest BCUT2D eigenvalue weighted by Crippen LogP contribution is -2.54. The number of anilines is 2. The van der Waals surface area contributed by atoms with Crippen LogP contribution in [0.1, 0.15) is 74.7 Å². The molecule has 1 saturated heterocycles. The summed E-state index contributed by atoms with van der Waals surface area (Å²) in [5.41, 5.74) is 4.27. The van der Waals surface area contributed by atoms with Gasteiger partial charge >= 0.3 is 12.0 Å². The summed E-state index contributed by atoms with van der Waals surface area (Å²) in [5, 5.41) is 20.2. The number of unbranched alkanes of at least 4 members (excludes halogenated alkanes) is 2. The van der Waals surface area contributed by atoms with Crippen LogP contribution in [0.2, 0.25) is 0 Å². The van der Waals surface area contributed by atoms with Crippen molar-refractivity contribution < 1.29 is 56.3 Å². The molecular formula is C49H58F3N10O9+. The van der Waals surface area contributed by atoms with Crippen LogP contribution in [-0.2, 0) is 30.5 Å². The van der Waals surface area contributed by atoms with E-state index in [1.165, 1.54) is 12.2 Å². The van der Waals surface area contributed by atoms with Gasteiger partial charge in [0, 0.05) is 68.1 Å². The lowest BCUT2D eigenvalue weighted by atomic mass is 10.0. The number of hydrogen-bond acceptors (Lipinski definition) is 10. The molecule has 0 bridgehead atoms. The second kappa shape index (κ2) is 22.9. The fraction of sp³-hybridized carbons (Fsp3) is 0.408. The lowest BCUT2D eigenvalue weighted by molar-refractivity contribution is -0.925. The van der Waals surface area contributed by atoms with Crippen LogP contribution in [0.4, 0.5) is 29.5 Å². The summed E-state index contributed by atoms with van der Waals surface area (Å²) in [4.78, 5) is 108. The van der Waals surface area contributed by atoms with Crippen molar-refractivity contribution in [1.82, 2.24) is 30.4 Å². The minimum atomic E-state index is -1.62. The number of rotatable bonds is 22. The molecule has 4 heterocycles. The summed E-state index contributed by atoms with van der Waals surface area (Å²) in [5.74, 6) is -7.15. The first-order chi connectivity index (χ1) is 33.6. The van der Waals surface area contributed by atoms with Gasteiger partial charge in [-0.15, -0.1) is 0 Å². The molecule has 6 rings (SSSR count). The Bertz CT molecular complexity index is 2780. The van der Waals surface area contributed by atoms with Crippen LogP contribution >= 0.6 is 0 Å². The number of primary amides is 1. The standard InChI is InChI=1S/C49H57F3N10O9/c1-28(2)42(57-39(63)10-6-5-7-21-60-40(64)17-18-41(60)65)47(68)56-37(9-8-20-54-49(53)71)46(67)55-31-14-11-29(12-15-31)27-62(3,4)32-19-22-59(25-32)45-36(52)24-33-43(66)34(48(69)70)26-61(44(33)58-45)38-16-13-30(50)23-35(38)51/h11-18,23-24,26,28,32,37,42H,5-10,19-22,25,27H2,1-4H3,(H6-,53,54,55,56,57,63,67,68,69,70,71)/p+1/t32?,37-,42-/m0/s1. The summed E-state index contributed by atoms with van der Waals surface area (Å²) in [6.07, 6.45) is 5.95. The van der Waals surface area contributed by atoms with E-state index in [-0.39, 0.29) is 79.2 Å². The molecule has 2 aromatic heterocycles. The number of benzene rings is 2. The molecule has 1 fully saturated rings. The number of carboxylic acids is 1. The van der Waals surface area contributed by atoms with Crippen LogP contribution in [0.3, 0.4) is 0 Å². The Kier molecular flexibility index (Phi) is 17.0. The second-order valence-corrected chi connectivity index (χ2v) is 18.6. The number of hydrogen-bond donors (Lipinski definition) is 6. The Hall–Kier alpha value is -7.62. The fourth-order valence-corrected chi connectivity index (χ4v) is 8.69. The molecule has 71 heavy (non-hydrogen) atoms. The van der Waals surface area contributed by atoms with Gasteiger partial charge in [-0.1, -0.05) is 32.4 Å². The number of nitrogens with zero attached hydrogens (tertiary/aromatic N) is 5. The number of carbonyl (C=O) groups is 7. The highest BCUT2D eigenvalue weighted by atomic mass is 19.1. The number of quaternary nitrogens is 1. The van der Waals surface area contributed by atoms with Crippen molar-refractivity contribution in [2.75, 3.05) is 50.5 Å². The predicted molar refractivity (Wildman–Crippen MR) is 256 cm³/mol. The number of likely N-dealkylation sites (N-methyl/N-ethyl adjacent to an activating group) is 1. The molecule has 0 saturated carbocycles. The number of aromatic carboxylic acids is 1. The molecule has 2 aromatic carbocycles. The van der Waals surface area contributed by atoms with E-state index in [0.717, 1.165) is 39.4 Å². The number of imide groups is 1. The molecule has 1 unspecified atom stereocenters. The van der Waals surface area contributed by atoms with E-state index >= 15 is 8.78 Å². The largest absolute Gasteiger partial charge is 0.477 e. The average Bonchev–Trinajstić information content (AvgIpc) is 3.93. The van der Waals surface area contributed by atoms with Crippen molar-refractivity contribution in [1.29, 1.82) is 0 Å². The molecule has 2 aliphatic heterocycles. The molecule has 0 spiro atoms. The Labute approximate surface area is 406 Å². The van der Waals surface area contributed by atoms with Gasteiger partial charge in [0.25, 0.3) is 11.8 Å². The molecule has 0 aliphatic carbocycles. The van der Waals surface area contributed by atoms with Gasteiger partial charge in [-0.05, 0) is 61.9 Å². The van der Waals surface area contributed by atoms with Gasteiger partial charge in [0.2, 0.25) is 23.2 Å². The van der Waals surface area contributed by atoms with Crippen LogP contribution in [0.15, 0.2) is 71.7 Å². The van der Waals surface area contributed by atoms with Crippen LogP contribution in [0.5, 0.6) is 0 Å². The maximum Gasteiger partial charge on any atom is 0.341 e. The van der Waals surface area contributed by atoms with Crippen LogP contribution in [0, 0.1) is 23.4 Å². The topological polar surface area (TPSA) is 255 Å². The smallest absolute Gasteiger partial charge is 0.341 e. The molecule has 7 amide bonds. The number of halogens is 3. The van der Waals surface area contributed by atoms with E-state index in [0.29, 0.717) is 61.6 Å². The molecule has 3 atom stereocenters. The third kappa shape index (κ3) is 13.2. The number of carboxylic acid groups (broad SMARTS) is 1. The molecule has 378 valence electrons. The molecular weight excluding hydrogens is 930 g/mol. The average molecular weight is 988 g/mol. The monoisotopic (exact) mass is 987 g/mol. The number of pyridine rings is 2. The van der Waals surface area contributed by atoms with Crippen molar-refractivity contribution >= 4 is 64.1 Å². The summed E-state index contributed by atoms with van der Waals surface area (Å²) < 4.78 is 46.2. The highest BCUT2D eigenvalue weighted by molar-refractivity contribution is 6.12. The van der Waals surface area contributed by atoms with Crippen LogP contribution in [0.25, 0.3) is 16.7 Å². The first-order valence-electron chi connectivity index (χ1n) is 23.2. The number of fused-ring (bicyclic) bond motifs is 1. The fourth-order valence-electron chi connectivity index (χ4n) is 8.69. The third-order valence-electron chi connectivity index (χ3n) is 12.6. The number of amides is 7. The lowest BCUT2D eigenvalue weighted by Gasteiger charge is -2.36. The Morgan fingerprint density at radius 2 is 1.59 bits per heavy atom. The van der Waals surface area contributed by atoms with Crippen molar-refractivity contribution in [2.45, 2.75) is 83.5 Å². The zero-order valence-electron chi connectivity index (χ0n) is 39.8. The summed E-state index contributed by atoms with van der Waals surface area (Å²) >= 11 is 0. The van der Waals surface area contributed by atoms with Crippen molar-refractivity contribution in [3.05, 3.63) is 106 Å². The highest BCUT2D eigenvalue weighted by Gasteiger charge is 2.37. The van der Waals surface area contributed by atoms with E-state index in [4.69, 9.17) is 5.73 Å². The van der Waals surface area contributed by atoms with Gasteiger partial charge in [-0.25, -0.2) is 27.7 Å². The van der Waals surface area contributed by atoms with Crippen LogP contribution in [-0.4, -0.2) is 124 Å². The first kappa shape index (κ1) is 52.7. The number of carbonyl (C=O) groups excluding carboxylic acids is 6. The van der Waals surface area contributed by atoms with E-state index in [1.54, 1.807) is 30.9 Å². The zero-order valence-corrected chi connectivity index (χ0v) is 39.8. The predicted octanol–water partition coefficient (Wildman–Crippen LogP) is 3.85. The van der Waals surface area contributed by atoms with E-state index in [9.17, 15) is 47.9 Å². The second-order valence-electron chi connectivity index (χ2n) is 18.6. The number of aromatic nitrogens is 2. The third-order valence-corrected chi connectivity index (χ3v) is 12.6. The highest BCUT2D eigenvalue weighted by Crippen LogP contribution is 2.30. The summed E-state index contributed by atoms with van der Waals surface area (Å²) in [7, 11) is 4.01. The molecule has 0 radical (unpaired) electrons. The quantitative estimate of drug-likeness (QED) is 0.0375. The van der Waals surface area contributed by atoms with Gasteiger partial charge in [-0.3, -0.25) is 38.2 Å². The summed E-state index contributed by atoms with van der Waals surface area (Å²) in [6, 6.07) is 7.76. The number of nitrogens with two attached hydrogens (primary N) is 1. The van der Waals surface area contributed by atoms with Crippen molar-refractivity contribution in [2.24, 2.45) is 11.7 Å². The van der Waals surface area contributed by atoms with E-state index in [2.05, 4.69) is 26.3 Å². The maximum absolute atomic E-state index is 15.9. The number of urea groups is 1. The SMILES string of the molecule is CC(C)[C@H](NC(=O)CCCCCN1C(=O)C=CC1=O)C(=O)N[C@@H](CCCNC(N)=O)C(=O)Nc1ccc(C[N+](C)(C)C2CCN(c3nc4c(cc3F)c(=O)c(C(=O)O)cn4-c3ccc(F)cc3F)C2)cc1. The molecule has 2 aliphatic rings. The Morgan fingerprint density at radius 3 is 2.24 bits per heavy atom. The van der Waals surface area contributed by atoms with Gasteiger partial charge in [0.15, 0.2) is 17.3 Å². The minimum Gasteiger partial charge on any atom is -0.477 e.